The standard InChI is InChI=1S/C15H28N2S/c1-5-7-8-13(6-2)9-14(16-4)10-15-11-18-12(3)17-15/h11,13-14,16H,5-10H2,1-4H3. The van der Waals surface area contributed by atoms with Crippen LogP contribution in [-0.4, -0.2) is 18.1 Å². The normalized spacial score (nSPS) is 14.7. The van der Waals surface area contributed by atoms with Gasteiger partial charge in [-0.3, -0.25) is 0 Å². The monoisotopic (exact) mass is 268 g/mol. The number of nitrogens with one attached hydrogen (secondary N) is 1. The lowest BCUT2D eigenvalue weighted by atomic mass is 9.90. The maximum Gasteiger partial charge on any atom is 0.0897 e. The Morgan fingerprint density at radius 3 is 2.67 bits per heavy atom. The van der Waals surface area contributed by atoms with Crippen LogP contribution in [0.3, 0.4) is 0 Å². The summed E-state index contributed by atoms with van der Waals surface area (Å²) in [4.78, 5) is 4.57. The molecule has 18 heavy (non-hydrogen) atoms. The maximum atomic E-state index is 4.57. The fourth-order valence-corrected chi connectivity index (χ4v) is 3.07. The molecule has 1 aromatic heterocycles. The van der Waals surface area contributed by atoms with Gasteiger partial charge < -0.3 is 5.32 Å². The summed E-state index contributed by atoms with van der Waals surface area (Å²) < 4.78 is 0. The molecule has 104 valence electrons. The van der Waals surface area contributed by atoms with Crippen molar-refractivity contribution in [2.24, 2.45) is 5.92 Å². The molecule has 1 heterocycles. The fraction of sp³-hybridized carbons (Fsp3) is 0.800. The molecule has 0 amide bonds. The zero-order valence-corrected chi connectivity index (χ0v) is 13.1. The summed E-state index contributed by atoms with van der Waals surface area (Å²) in [7, 11) is 2.08. The van der Waals surface area contributed by atoms with Crippen LogP contribution in [0.4, 0.5) is 0 Å². The highest BCUT2D eigenvalue weighted by Crippen LogP contribution is 2.20. The Labute approximate surface area is 116 Å². The van der Waals surface area contributed by atoms with E-state index in [0.717, 1.165) is 12.3 Å². The van der Waals surface area contributed by atoms with E-state index in [2.05, 4.69) is 43.5 Å². The molecule has 0 aliphatic rings. The first-order valence-electron chi connectivity index (χ1n) is 7.27. The highest BCUT2D eigenvalue weighted by Gasteiger charge is 2.15. The van der Waals surface area contributed by atoms with Crippen molar-refractivity contribution < 1.29 is 0 Å². The van der Waals surface area contributed by atoms with Gasteiger partial charge in [0.1, 0.15) is 0 Å². The Hall–Kier alpha value is -0.410. The maximum absolute atomic E-state index is 4.57. The second kappa shape index (κ2) is 8.65. The zero-order chi connectivity index (χ0) is 13.4. The average Bonchev–Trinajstić information content (AvgIpc) is 2.78. The largest absolute Gasteiger partial charge is 0.317 e. The second-order valence-electron chi connectivity index (χ2n) is 5.20. The molecule has 1 aromatic rings. The Morgan fingerprint density at radius 2 is 2.17 bits per heavy atom. The van der Waals surface area contributed by atoms with Crippen LogP contribution < -0.4 is 5.32 Å². The van der Waals surface area contributed by atoms with Crippen molar-refractivity contribution in [2.45, 2.75) is 65.3 Å². The average molecular weight is 268 g/mol. The molecule has 0 radical (unpaired) electrons. The molecule has 0 aliphatic carbocycles. The van der Waals surface area contributed by atoms with Gasteiger partial charge in [-0.2, -0.15) is 0 Å². The van der Waals surface area contributed by atoms with E-state index in [4.69, 9.17) is 0 Å². The third kappa shape index (κ3) is 5.49. The second-order valence-corrected chi connectivity index (χ2v) is 6.26. The minimum Gasteiger partial charge on any atom is -0.317 e. The van der Waals surface area contributed by atoms with E-state index in [9.17, 15) is 0 Å². The molecule has 2 nitrogen and oxygen atoms in total. The lowest BCUT2D eigenvalue weighted by Gasteiger charge is -2.21. The van der Waals surface area contributed by atoms with Crippen molar-refractivity contribution in [3.63, 3.8) is 0 Å². The Bertz CT molecular complexity index is 322. The Balaban J connectivity index is 2.44. The summed E-state index contributed by atoms with van der Waals surface area (Å²) in [5.74, 6) is 0.863. The number of likely N-dealkylation sites (N-methyl/N-ethyl adjacent to an activating group) is 1. The van der Waals surface area contributed by atoms with Gasteiger partial charge >= 0.3 is 0 Å². The van der Waals surface area contributed by atoms with E-state index < -0.39 is 0 Å². The van der Waals surface area contributed by atoms with Crippen LogP contribution in [0.1, 0.15) is 56.7 Å². The molecule has 0 aromatic carbocycles. The number of hydrogen-bond acceptors (Lipinski definition) is 3. The van der Waals surface area contributed by atoms with Gasteiger partial charge in [-0.1, -0.05) is 39.5 Å². The van der Waals surface area contributed by atoms with Crippen molar-refractivity contribution in [3.8, 4) is 0 Å². The van der Waals surface area contributed by atoms with Gasteiger partial charge in [0.2, 0.25) is 0 Å². The first-order chi connectivity index (χ1) is 8.69. The highest BCUT2D eigenvalue weighted by atomic mass is 32.1. The van der Waals surface area contributed by atoms with E-state index in [1.54, 1.807) is 11.3 Å². The molecule has 1 rings (SSSR count). The van der Waals surface area contributed by atoms with Crippen LogP contribution in [0.15, 0.2) is 5.38 Å². The van der Waals surface area contributed by atoms with Crippen molar-refractivity contribution in [2.75, 3.05) is 7.05 Å². The summed E-state index contributed by atoms with van der Waals surface area (Å²) in [6.45, 7) is 6.68. The molecule has 0 aliphatic heterocycles. The highest BCUT2D eigenvalue weighted by molar-refractivity contribution is 7.09. The van der Waals surface area contributed by atoms with Gasteiger partial charge in [-0.25, -0.2) is 4.98 Å². The molecule has 3 heteroatoms. The summed E-state index contributed by atoms with van der Waals surface area (Å²) in [5, 5.41) is 6.85. The summed E-state index contributed by atoms with van der Waals surface area (Å²) >= 11 is 1.76. The Morgan fingerprint density at radius 1 is 1.39 bits per heavy atom. The first-order valence-corrected chi connectivity index (χ1v) is 8.15. The Kier molecular flexibility index (Phi) is 7.52. The van der Waals surface area contributed by atoms with Crippen LogP contribution in [0, 0.1) is 12.8 Å². The van der Waals surface area contributed by atoms with Crippen LogP contribution >= 0.6 is 11.3 Å². The predicted molar refractivity (Wildman–Crippen MR) is 81.3 cm³/mol. The van der Waals surface area contributed by atoms with Gasteiger partial charge in [0.15, 0.2) is 0 Å². The van der Waals surface area contributed by atoms with Gasteiger partial charge in [-0.05, 0) is 26.3 Å². The third-order valence-electron chi connectivity index (χ3n) is 3.69. The summed E-state index contributed by atoms with van der Waals surface area (Å²) in [6, 6.07) is 0.577. The number of hydrogen-bond donors (Lipinski definition) is 1. The molecule has 0 fully saturated rings. The number of thiazole rings is 1. The molecular weight excluding hydrogens is 240 g/mol. The SMILES string of the molecule is CCCCC(CC)CC(Cc1csc(C)n1)NC. The van der Waals surface area contributed by atoms with Crippen LogP contribution in [0.2, 0.25) is 0 Å². The minimum atomic E-state index is 0.577. The van der Waals surface area contributed by atoms with Gasteiger partial charge in [0.25, 0.3) is 0 Å². The van der Waals surface area contributed by atoms with Crippen LogP contribution in [0.25, 0.3) is 0 Å². The third-order valence-corrected chi connectivity index (χ3v) is 4.51. The van der Waals surface area contributed by atoms with Crippen molar-refractivity contribution in [1.82, 2.24) is 10.3 Å². The molecule has 0 spiro atoms. The van der Waals surface area contributed by atoms with E-state index in [-0.39, 0.29) is 0 Å². The molecule has 1 N–H and O–H groups in total. The van der Waals surface area contributed by atoms with E-state index in [1.807, 2.05) is 0 Å². The minimum absolute atomic E-state index is 0.577. The van der Waals surface area contributed by atoms with E-state index in [1.165, 1.54) is 42.8 Å². The van der Waals surface area contributed by atoms with Gasteiger partial charge in [-0.15, -0.1) is 11.3 Å². The van der Waals surface area contributed by atoms with E-state index in [0.29, 0.717) is 6.04 Å². The van der Waals surface area contributed by atoms with Crippen LogP contribution in [-0.2, 0) is 6.42 Å². The van der Waals surface area contributed by atoms with Crippen molar-refractivity contribution >= 4 is 11.3 Å². The molecule has 0 saturated carbocycles. The van der Waals surface area contributed by atoms with Crippen molar-refractivity contribution in [3.05, 3.63) is 16.1 Å². The lowest BCUT2D eigenvalue weighted by molar-refractivity contribution is 0.357. The number of aromatic nitrogens is 1. The fourth-order valence-electron chi connectivity index (χ4n) is 2.44. The van der Waals surface area contributed by atoms with Gasteiger partial charge in [0.05, 0.1) is 10.7 Å². The number of unbranched alkanes of at least 4 members (excludes halogenated alkanes) is 1. The quantitative estimate of drug-likeness (QED) is 0.726. The molecular formula is C15H28N2S. The molecule has 2 unspecified atom stereocenters. The topological polar surface area (TPSA) is 24.9 Å². The smallest absolute Gasteiger partial charge is 0.0897 e. The lowest BCUT2D eigenvalue weighted by Crippen LogP contribution is -2.30. The van der Waals surface area contributed by atoms with Crippen molar-refractivity contribution in [1.29, 1.82) is 0 Å². The number of rotatable bonds is 9. The van der Waals surface area contributed by atoms with E-state index >= 15 is 0 Å². The molecule has 2 atom stereocenters. The first kappa shape index (κ1) is 15.6. The summed E-state index contributed by atoms with van der Waals surface area (Å²) in [5.41, 5.74) is 1.25. The molecule has 0 bridgehead atoms. The van der Waals surface area contributed by atoms with Gasteiger partial charge in [0, 0.05) is 17.8 Å². The number of nitrogens with zero attached hydrogens (tertiary/aromatic N) is 1. The zero-order valence-electron chi connectivity index (χ0n) is 12.3. The van der Waals surface area contributed by atoms with Crippen LogP contribution in [0.5, 0.6) is 0 Å². The predicted octanol–water partition coefficient (Wildman–Crippen LogP) is 4.19. The number of aryl methyl sites for hydroxylation is 1. The summed E-state index contributed by atoms with van der Waals surface area (Å²) in [6.07, 6.45) is 7.71. The molecule has 0 saturated heterocycles.